The van der Waals surface area contributed by atoms with Crippen LogP contribution in [0.4, 0.5) is 8.78 Å². The lowest BCUT2D eigenvalue weighted by atomic mass is 9.81. The zero-order valence-corrected chi connectivity index (χ0v) is 32.6. The lowest BCUT2D eigenvalue weighted by Crippen LogP contribution is -2.25. The van der Waals surface area contributed by atoms with Crippen molar-refractivity contribution in [2.24, 2.45) is 0 Å². The molecule has 2 aliphatic heterocycles. The molecule has 0 aromatic heterocycles. The van der Waals surface area contributed by atoms with Gasteiger partial charge in [0.1, 0.15) is 23.1 Å². The summed E-state index contributed by atoms with van der Waals surface area (Å²) in [4.78, 5) is 12.0. The Bertz CT molecular complexity index is 1880. The van der Waals surface area contributed by atoms with Gasteiger partial charge in [0.05, 0.1) is 32.5 Å². The Balaban J connectivity index is 0.000000208. The second kappa shape index (κ2) is 17.9. The van der Waals surface area contributed by atoms with Crippen molar-refractivity contribution >= 4 is 5.97 Å². The van der Waals surface area contributed by atoms with Crippen molar-refractivity contribution in [1.82, 2.24) is 0 Å². The molecule has 2 fully saturated rings. The monoisotopic (exact) mass is 744 g/mol. The summed E-state index contributed by atoms with van der Waals surface area (Å²) in [5.74, 6) is 0.140. The fourth-order valence-corrected chi connectivity index (χ4v) is 6.67. The largest absolute Gasteiger partial charge is 0.465 e. The number of carbonyl (C=O) groups excluding carboxylic acids is 1. The van der Waals surface area contributed by atoms with E-state index < -0.39 is 5.97 Å². The maximum Gasteiger partial charge on any atom is 0.337 e. The van der Waals surface area contributed by atoms with E-state index >= 15 is 0 Å². The standard InChI is InChI=1S/C23H27FO4.C22H27FO3/c1-23(2,3)19-13-15(22(25)26-4)8-10-17(19)18-14-16(9-11-20(18)24)28-21-7-5-6-12-27-21;1-22(2,3)19-12-15(14-24)7-9-17(19)18-13-16(8-10-20(18)23)26-21-6-4-5-11-25-21/h8-11,13-14,21H,5-7,12H2,1-4H3;7-10,12-13,21,24H,4-6,11,14H2,1-3H3. The quantitative estimate of drug-likeness (QED) is 0.180. The van der Waals surface area contributed by atoms with Gasteiger partial charge < -0.3 is 28.8 Å². The van der Waals surface area contributed by atoms with Crippen LogP contribution >= 0.6 is 0 Å². The number of carbonyl (C=O) groups is 1. The van der Waals surface area contributed by atoms with Gasteiger partial charge in [-0.1, -0.05) is 65.8 Å². The first-order chi connectivity index (χ1) is 25.7. The molecule has 54 heavy (non-hydrogen) atoms. The summed E-state index contributed by atoms with van der Waals surface area (Å²) in [6.07, 6.45) is 5.35. The Hall–Kier alpha value is -4.31. The average molecular weight is 745 g/mol. The molecular formula is C45H54F2O7. The molecule has 4 aromatic rings. The van der Waals surface area contributed by atoms with Crippen LogP contribution in [0.3, 0.4) is 0 Å². The van der Waals surface area contributed by atoms with Crippen molar-refractivity contribution in [2.75, 3.05) is 20.3 Å². The van der Waals surface area contributed by atoms with Crippen molar-refractivity contribution in [3.8, 4) is 33.8 Å². The highest BCUT2D eigenvalue weighted by atomic mass is 19.1. The van der Waals surface area contributed by atoms with Gasteiger partial charge in [-0.25, -0.2) is 13.6 Å². The molecular weight excluding hydrogens is 690 g/mol. The van der Waals surface area contributed by atoms with Crippen LogP contribution in [0.2, 0.25) is 0 Å². The van der Waals surface area contributed by atoms with Crippen LogP contribution < -0.4 is 9.47 Å². The predicted molar refractivity (Wildman–Crippen MR) is 207 cm³/mol. The molecule has 0 amide bonds. The van der Waals surface area contributed by atoms with Gasteiger partial charge in [0.2, 0.25) is 0 Å². The number of benzene rings is 4. The summed E-state index contributed by atoms with van der Waals surface area (Å²) in [6, 6.07) is 20.4. The molecule has 2 atom stereocenters. The summed E-state index contributed by atoms with van der Waals surface area (Å²) in [6.45, 7) is 13.7. The van der Waals surface area contributed by atoms with E-state index in [1.807, 2.05) is 39.0 Å². The van der Waals surface area contributed by atoms with Crippen LogP contribution in [0, 0.1) is 11.6 Å². The van der Waals surface area contributed by atoms with Crippen LogP contribution in [-0.4, -0.2) is 44.0 Å². The molecule has 0 aliphatic carbocycles. The van der Waals surface area contributed by atoms with Gasteiger partial charge >= 0.3 is 5.97 Å². The number of ether oxygens (including phenoxy) is 5. The number of hydrogen-bond donors (Lipinski definition) is 1. The van der Waals surface area contributed by atoms with Gasteiger partial charge in [0.25, 0.3) is 0 Å². The first-order valence-corrected chi connectivity index (χ1v) is 18.8. The van der Waals surface area contributed by atoms with E-state index in [1.54, 1.807) is 42.5 Å². The van der Waals surface area contributed by atoms with Gasteiger partial charge in [-0.05, 0) is 113 Å². The Labute approximate surface area is 318 Å². The molecule has 290 valence electrons. The Morgan fingerprint density at radius 2 is 1.15 bits per heavy atom. The van der Waals surface area contributed by atoms with Crippen molar-refractivity contribution in [2.45, 2.75) is 110 Å². The SMILES string of the molecule is CC(C)(C)c1cc(CO)ccc1-c1cc(OC2CCCCO2)ccc1F.COC(=O)c1ccc(-c2cc(OC3CCCCO3)ccc2F)c(C(C)(C)C)c1. The van der Waals surface area contributed by atoms with Crippen molar-refractivity contribution in [3.63, 3.8) is 0 Å². The first kappa shape index (κ1) is 40.9. The summed E-state index contributed by atoms with van der Waals surface area (Å²) in [7, 11) is 1.35. The minimum atomic E-state index is -0.413. The molecule has 9 heteroatoms. The Kier molecular flexibility index (Phi) is 13.5. The van der Waals surface area contributed by atoms with Crippen molar-refractivity contribution in [1.29, 1.82) is 0 Å². The second-order valence-electron chi connectivity index (χ2n) is 15.9. The number of aliphatic hydroxyl groups is 1. The highest BCUT2D eigenvalue weighted by Crippen LogP contribution is 2.39. The minimum absolute atomic E-state index is 0.0337. The number of rotatable bonds is 8. The van der Waals surface area contributed by atoms with Gasteiger partial charge in [-0.3, -0.25) is 0 Å². The molecule has 4 aromatic carbocycles. The minimum Gasteiger partial charge on any atom is -0.465 e. The van der Waals surface area contributed by atoms with E-state index in [4.69, 9.17) is 23.7 Å². The van der Waals surface area contributed by atoms with E-state index in [-0.39, 0.29) is 41.7 Å². The molecule has 2 unspecified atom stereocenters. The zero-order valence-electron chi connectivity index (χ0n) is 32.6. The van der Waals surface area contributed by atoms with Crippen LogP contribution in [-0.2, 0) is 31.6 Å². The molecule has 0 bridgehead atoms. The smallest absolute Gasteiger partial charge is 0.337 e. The molecule has 1 N–H and O–H groups in total. The molecule has 2 saturated heterocycles. The maximum absolute atomic E-state index is 14.7. The van der Waals surface area contributed by atoms with Gasteiger partial charge in [-0.2, -0.15) is 0 Å². The molecule has 2 heterocycles. The van der Waals surface area contributed by atoms with E-state index in [9.17, 15) is 18.7 Å². The average Bonchev–Trinajstić information content (AvgIpc) is 3.16. The lowest BCUT2D eigenvalue weighted by molar-refractivity contribution is -0.106. The normalized spacial score (nSPS) is 17.6. The van der Waals surface area contributed by atoms with E-state index in [1.165, 1.54) is 19.2 Å². The summed E-state index contributed by atoms with van der Waals surface area (Å²) < 4.78 is 57.3. The van der Waals surface area contributed by atoms with Crippen LogP contribution in [0.15, 0.2) is 72.8 Å². The van der Waals surface area contributed by atoms with Crippen molar-refractivity contribution < 1.29 is 42.4 Å². The van der Waals surface area contributed by atoms with Crippen LogP contribution in [0.5, 0.6) is 11.5 Å². The molecule has 0 saturated carbocycles. The zero-order chi connectivity index (χ0) is 39.0. The van der Waals surface area contributed by atoms with Gasteiger partial charge in [0.15, 0.2) is 12.6 Å². The highest BCUT2D eigenvalue weighted by molar-refractivity contribution is 5.91. The number of esters is 1. The number of hydrogen-bond acceptors (Lipinski definition) is 7. The van der Waals surface area contributed by atoms with Crippen molar-refractivity contribution in [3.05, 3.63) is 107 Å². The van der Waals surface area contributed by atoms with Crippen LogP contribution in [0.25, 0.3) is 22.3 Å². The molecule has 0 spiro atoms. The number of methoxy groups -OCH3 is 1. The van der Waals surface area contributed by atoms with Gasteiger partial charge in [0, 0.05) is 24.0 Å². The first-order valence-electron chi connectivity index (χ1n) is 18.8. The third-order valence-electron chi connectivity index (χ3n) is 9.59. The van der Waals surface area contributed by atoms with E-state index in [2.05, 4.69) is 20.8 Å². The predicted octanol–water partition coefficient (Wildman–Crippen LogP) is 10.7. The topological polar surface area (TPSA) is 83.5 Å². The summed E-state index contributed by atoms with van der Waals surface area (Å²) in [5.41, 5.74) is 5.14. The molecule has 0 radical (unpaired) electrons. The highest BCUT2D eigenvalue weighted by Gasteiger charge is 2.25. The molecule has 6 rings (SSSR count). The Morgan fingerprint density at radius 3 is 1.57 bits per heavy atom. The number of aliphatic hydroxyl groups excluding tert-OH is 1. The molecule has 2 aliphatic rings. The lowest BCUT2D eigenvalue weighted by Gasteiger charge is -2.25. The Morgan fingerprint density at radius 1 is 0.667 bits per heavy atom. The summed E-state index contributed by atoms with van der Waals surface area (Å²) in [5, 5.41) is 9.46. The third kappa shape index (κ3) is 10.5. The fraction of sp³-hybridized carbons (Fsp3) is 0.444. The van der Waals surface area contributed by atoms with Crippen LogP contribution in [0.1, 0.15) is 107 Å². The third-order valence-corrected chi connectivity index (χ3v) is 9.59. The van der Waals surface area contributed by atoms with E-state index in [0.717, 1.165) is 66.3 Å². The number of halogens is 2. The summed E-state index contributed by atoms with van der Waals surface area (Å²) >= 11 is 0. The van der Waals surface area contributed by atoms with Gasteiger partial charge in [-0.15, -0.1) is 0 Å². The second-order valence-corrected chi connectivity index (χ2v) is 15.9. The molecule has 7 nitrogen and oxygen atoms in total. The fourth-order valence-electron chi connectivity index (χ4n) is 6.67. The van der Waals surface area contributed by atoms with E-state index in [0.29, 0.717) is 41.4 Å². The maximum atomic E-state index is 14.7.